The SMILES string of the molecule is COc1cc(OC)cc(C(=O)Nc2sccc2-c2nc3ccccc3s2)c1. The molecule has 136 valence electrons. The molecule has 0 bridgehead atoms. The van der Waals surface area contributed by atoms with E-state index in [1.807, 2.05) is 35.7 Å². The van der Waals surface area contributed by atoms with Crippen LogP contribution in [0.5, 0.6) is 11.5 Å². The van der Waals surface area contributed by atoms with Gasteiger partial charge >= 0.3 is 0 Å². The number of nitrogens with one attached hydrogen (secondary N) is 1. The first kappa shape index (κ1) is 17.5. The van der Waals surface area contributed by atoms with Gasteiger partial charge in [-0.05, 0) is 35.7 Å². The fourth-order valence-corrected chi connectivity index (χ4v) is 4.52. The van der Waals surface area contributed by atoms with Gasteiger partial charge in [0.1, 0.15) is 21.5 Å². The zero-order valence-corrected chi connectivity index (χ0v) is 16.3. The van der Waals surface area contributed by atoms with Crippen molar-refractivity contribution >= 4 is 43.8 Å². The molecule has 0 aliphatic heterocycles. The number of aromatic nitrogens is 1. The zero-order valence-electron chi connectivity index (χ0n) is 14.7. The highest BCUT2D eigenvalue weighted by Crippen LogP contribution is 2.38. The number of benzene rings is 2. The molecule has 0 saturated heterocycles. The Hall–Kier alpha value is -2.90. The summed E-state index contributed by atoms with van der Waals surface area (Å²) in [4.78, 5) is 17.5. The Balaban J connectivity index is 1.64. The van der Waals surface area contributed by atoms with Gasteiger partial charge in [-0.15, -0.1) is 22.7 Å². The van der Waals surface area contributed by atoms with Gasteiger partial charge in [-0.25, -0.2) is 4.98 Å². The van der Waals surface area contributed by atoms with E-state index in [0.29, 0.717) is 17.1 Å². The van der Waals surface area contributed by atoms with Crippen molar-refractivity contribution in [2.24, 2.45) is 0 Å². The molecular weight excluding hydrogens is 380 g/mol. The molecule has 4 rings (SSSR count). The minimum absolute atomic E-state index is 0.225. The van der Waals surface area contributed by atoms with E-state index in [2.05, 4.69) is 10.3 Å². The molecule has 2 aromatic carbocycles. The van der Waals surface area contributed by atoms with E-state index in [-0.39, 0.29) is 5.91 Å². The quantitative estimate of drug-likeness (QED) is 0.498. The summed E-state index contributed by atoms with van der Waals surface area (Å²) >= 11 is 3.08. The van der Waals surface area contributed by atoms with Crippen molar-refractivity contribution in [3.8, 4) is 22.1 Å². The number of para-hydroxylation sites is 1. The molecule has 0 fully saturated rings. The molecule has 27 heavy (non-hydrogen) atoms. The number of hydrogen-bond donors (Lipinski definition) is 1. The third kappa shape index (κ3) is 3.51. The lowest BCUT2D eigenvalue weighted by atomic mass is 10.2. The van der Waals surface area contributed by atoms with Gasteiger partial charge in [-0.3, -0.25) is 4.79 Å². The summed E-state index contributed by atoms with van der Waals surface area (Å²) in [6.45, 7) is 0. The molecule has 0 spiro atoms. The van der Waals surface area contributed by atoms with Crippen molar-refractivity contribution < 1.29 is 14.3 Å². The van der Waals surface area contributed by atoms with Gasteiger partial charge in [0.2, 0.25) is 0 Å². The van der Waals surface area contributed by atoms with Crippen LogP contribution in [0.15, 0.2) is 53.9 Å². The minimum atomic E-state index is -0.225. The third-order valence-electron chi connectivity index (χ3n) is 4.03. The summed E-state index contributed by atoms with van der Waals surface area (Å²) in [6, 6.07) is 15.1. The van der Waals surface area contributed by atoms with Gasteiger partial charge in [0, 0.05) is 17.2 Å². The fourth-order valence-electron chi connectivity index (χ4n) is 2.68. The fraction of sp³-hybridized carbons (Fsp3) is 0.100. The molecule has 0 aliphatic rings. The van der Waals surface area contributed by atoms with Crippen LogP contribution in [-0.2, 0) is 0 Å². The molecule has 0 radical (unpaired) electrons. The van der Waals surface area contributed by atoms with Crippen LogP contribution in [0.3, 0.4) is 0 Å². The number of thiazole rings is 1. The lowest BCUT2D eigenvalue weighted by Crippen LogP contribution is -2.11. The minimum Gasteiger partial charge on any atom is -0.497 e. The number of hydrogen-bond acceptors (Lipinski definition) is 6. The smallest absolute Gasteiger partial charge is 0.256 e. The summed E-state index contributed by atoms with van der Waals surface area (Å²) in [7, 11) is 3.11. The highest BCUT2D eigenvalue weighted by molar-refractivity contribution is 7.22. The van der Waals surface area contributed by atoms with Gasteiger partial charge < -0.3 is 14.8 Å². The average molecular weight is 396 g/mol. The molecule has 0 saturated carbocycles. The van der Waals surface area contributed by atoms with Crippen LogP contribution in [0.25, 0.3) is 20.8 Å². The monoisotopic (exact) mass is 396 g/mol. The Morgan fingerprint density at radius 2 is 1.78 bits per heavy atom. The van der Waals surface area contributed by atoms with E-state index >= 15 is 0 Å². The Morgan fingerprint density at radius 3 is 2.48 bits per heavy atom. The summed E-state index contributed by atoms with van der Waals surface area (Å²) < 4.78 is 11.6. The summed E-state index contributed by atoms with van der Waals surface area (Å²) in [6.07, 6.45) is 0. The summed E-state index contributed by atoms with van der Waals surface area (Å²) in [5.74, 6) is 0.908. The first-order chi connectivity index (χ1) is 13.2. The number of carbonyl (C=O) groups excluding carboxylic acids is 1. The van der Waals surface area contributed by atoms with Gasteiger partial charge in [0.05, 0.1) is 24.4 Å². The van der Waals surface area contributed by atoms with Gasteiger partial charge in [-0.1, -0.05) is 12.1 Å². The average Bonchev–Trinajstić information content (AvgIpc) is 3.33. The molecule has 2 heterocycles. The molecule has 0 aliphatic carbocycles. The highest BCUT2D eigenvalue weighted by atomic mass is 32.1. The van der Waals surface area contributed by atoms with Crippen molar-refractivity contribution in [1.29, 1.82) is 0 Å². The first-order valence-electron chi connectivity index (χ1n) is 8.16. The van der Waals surface area contributed by atoms with Crippen LogP contribution >= 0.6 is 22.7 Å². The van der Waals surface area contributed by atoms with Crippen LogP contribution in [-0.4, -0.2) is 25.1 Å². The van der Waals surface area contributed by atoms with Crippen molar-refractivity contribution in [2.45, 2.75) is 0 Å². The van der Waals surface area contributed by atoms with Crippen LogP contribution in [0.4, 0.5) is 5.00 Å². The molecule has 2 aromatic heterocycles. The second-order valence-corrected chi connectivity index (χ2v) is 7.65. The largest absolute Gasteiger partial charge is 0.497 e. The standard InChI is InChI=1S/C20H16N2O3S2/c1-24-13-9-12(10-14(11-13)25-2)18(23)22-19-15(7-8-26-19)20-21-16-5-3-4-6-17(16)27-20/h3-11H,1-2H3,(H,22,23). The molecular formula is C20H16N2O3S2. The lowest BCUT2D eigenvalue weighted by Gasteiger charge is -2.09. The van der Waals surface area contributed by atoms with Crippen LogP contribution in [0.2, 0.25) is 0 Å². The van der Waals surface area contributed by atoms with Crippen molar-refractivity contribution in [3.05, 3.63) is 59.5 Å². The first-order valence-corrected chi connectivity index (χ1v) is 9.85. The summed E-state index contributed by atoms with van der Waals surface area (Å²) in [5.41, 5.74) is 2.35. The Labute approximate surface area is 164 Å². The predicted octanol–water partition coefficient (Wildman–Crippen LogP) is 5.29. The number of fused-ring (bicyclic) bond motifs is 1. The lowest BCUT2D eigenvalue weighted by molar-refractivity contribution is 0.102. The van der Waals surface area contributed by atoms with Crippen molar-refractivity contribution in [1.82, 2.24) is 4.98 Å². The number of methoxy groups -OCH3 is 2. The van der Waals surface area contributed by atoms with E-state index in [1.54, 1.807) is 43.8 Å². The van der Waals surface area contributed by atoms with Crippen molar-refractivity contribution in [3.63, 3.8) is 0 Å². The number of anilines is 1. The number of nitrogens with zero attached hydrogens (tertiary/aromatic N) is 1. The van der Waals surface area contributed by atoms with E-state index in [4.69, 9.17) is 9.47 Å². The molecule has 0 atom stereocenters. The maximum atomic E-state index is 12.8. The number of rotatable bonds is 5. The van der Waals surface area contributed by atoms with Gasteiger partial charge in [0.15, 0.2) is 0 Å². The third-order valence-corrected chi connectivity index (χ3v) is 5.93. The van der Waals surface area contributed by atoms with E-state index < -0.39 is 0 Å². The van der Waals surface area contributed by atoms with Crippen LogP contribution in [0, 0.1) is 0 Å². The molecule has 4 aromatic rings. The maximum absolute atomic E-state index is 12.8. The Bertz CT molecular complexity index is 1060. The Morgan fingerprint density at radius 1 is 1.04 bits per heavy atom. The van der Waals surface area contributed by atoms with Gasteiger partial charge in [0.25, 0.3) is 5.91 Å². The van der Waals surface area contributed by atoms with Crippen LogP contribution in [0.1, 0.15) is 10.4 Å². The molecule has 1 N–H and O–H groups in total. The topological polar surface area (TPSA) is 60.5 Å². The zero-order chi connectivity index (χ0) is 18.8. The van der Waals surface area contributed by atoms with E-state index in [1.165, 1.54) is 11.3 Å². The molecule has 7 heteroatoms. The highest BCUT2D eigenvalue weighted by Gasteiger charge is 2.16. The summed E-state index contributed by atoms with van der Waals surface area (Å²) in [5, 5.41) is 6.58. The maximum Gasteiger partial charge on any atom is 0.256 e. The Kier molecular flexibility index (Phi) is 4.79. The number of ether oxygens (including phenoxy) is 2. The number of thiophene rings is 1. The van der Waals surface area contributed by atoms with Crippen LogP contribution < -0.4 is 14.8 Å². The predicted molar refractivity (Wildman–Crippen MR) is 110 cm³/mol. The molecule has 1 amide bonds. The molecule has 0 unspecified atom stereocenters. The van der Waals surface area contributed by atoms with Crippen molar-refractivity contribution in [2.75, 3.05) is 19.5 Å². The second-order valence-electron chi connectivity index (χ2n) is 5.71. The second kappa shape index (κ2) is 7.38. The molecule has 5 nitrogen and oxygen atoms in total. The number of carbonyl (C=O) groups is 1. The van der Waals surface area contributed by atoms with Gasteiger partial charge in [-0.2, -0.15) is 0 Å². The van der Waals surface area contributed by atoms with E-state index in [9.17, 15) is 4.79 Å². The normalized spacial score (nSPS) is 10.7. The van der Waals surface area contributed by atoms with E-state index in [0.717, 1.165) is 25.8 Å². The number of amides is 1.